The molecular weight excluding hydrogens is 344 g/mol. The van der Waals surface area contributed by atoms with Gasteiger partial charge in [0.1, 0.15) is 17.7 Å². The summed E-state index contributed by atoms with van der Waals surface area (Å²) in [4.78, 5) is 19.2. The molecule has 2 aromatic heterocycles. The van der Waals surface area contributed by atoms with E-state index in [2.05, 4.69) is 25.8 Å². The van der Waals surface area contributed by atoms with Crippen LogP contribution in [0.25, 0.3) is 11.3 Å². The van der Waals surface area contributed by atoms with Crippen LogP contribution >= 0.6 is 0 Å². The van der Waals surface area contributed by atoms with Gasteiger partial charge in [0, 0.05) is 30.4 Å². The second-order valence-corrected chi connectivity index (χ2v) is 7.70. The molecule has 8 heteroatoms. The lowest BCUT2D eigenvalue weighted by Gasteiger charge is -2.47. The van der Waals surface area contributed by atoms with E-state index in [9.17, 15) is 0 Å². The number of pyridine rings is 1. The first kappa shape index (κ1) is 16.9. The molecule has 6 rings (SSSR count). The maximum absolute atomic E-state index is 6.33. The Morgan fingerprint density at radius 2 is 2.11 bits per heavy atom. The summed E-state index contributed by atoms with van der Waals surface area (Å²) in [6.45, 7) is 0.849. The molecule has 4 aliphatic rings. The molecule has 3 aliphatic carbocycles. The fraction of sp³-hybridized carbons (Fsp3) is 0.526. The summed E-state index contributed by atoms with van der Waals surface area (Å²) in [5.74, 6) is 2.70. The van der Waals surface area contributed by atoms with Crippen LogP contribution in [0.4, 0.5) is 5.82 Å². The highest BCUT2D eigenvalue weighted by atomic mass is 16.8. The van der Waals surface area contributed by atoms with Crippen LogP contribution in [-0.4, -0.2) is 39.5 Å². The van der Waals surface area contributed by atoms with Gasteiger partial charge in [-0.15, -0.1) is 0 Å². The van der Waals surface area contributed by atoms with Crippen molar-refractivity contribution < 1.29 is 9.57 Å². The van der Waals surface area contributed by atoms with Gasteiger partial charge in [0.2, 0.25) is 5.88 Å². The fourth-order valence-corrected chi connectivity index (χ4v) is 4.72. The average Bonchev–Trinajstić information content (AvgIpc) is 3.11. The molecule has 2 N–H and O–H groups in total. The number of nitrogens with zero attached hydrogens (tertiary/aromatic N) is 4. The maximum atomic E-state index is 6.33. The number of ether oxygens (including phenoxy) is 1. The zero-order chi connectivity index (χ0) is 18.3. The van der Waals surface area contributed by atoms with E-state index in [1.807, 2.05) is 18.2 Å². The summed E-state index contributed by atoms with van der Waals surface area (Å²) in [6.07, 6.45) is 9.70. The molecule has 0 amide bonds. The zero-order valence-electron chi connectivity index (χ0n) is 15.4. The quantitative estimate of drug-likeness (QED) is 0.852. The Bertz CT molecular complexity index is 808. The van der Waals surface area contributed by atoms with E-state index in [1.165, 1.54) is 32.0 Å². The second kappa shape index (κ2) is 6.70. The van der Waals surface area contributed by atoms with Gasteiger partial charge in [-0.25, -0.2) is 20.4 Å². The largest absolute Gasteiger partial charge is 0.481 e. The van der Waals surface area contributed by atoms with E-state index >= 15 is 0 Å². The number of methoxy groups -OCH3 is 1. The lowest BCUT2D eigenvalue weighted by atomic mass is 9.62. The molecule has 0 aromatic carbocycles. The minimum absolute atomic E-state index is 0.0655. The highest BCUT2D eigenvalue weighted by Gasteiger charge is 2.52. The van der Waals surface area contributed by atoms with Gasteiger partial charge < -0.3 is 4.74 Å². The minimum Gasteiger partial charge on any atom is -0.481 e. The van der Waals surface area contributed by atoms with Gasteiger partial charge in [0.15, 0.2) is 0 Å². The standard InChI is InChI=1S/C19H24N6O2/c1-26-18-7-4-14(10-20-18)16-8-17(22-12-21-16)24-25-23-11-19(27-25)9-13-2-5-15(19)6-3-13/h4,7-8,10,12-13,15,23H,2-3,5-6,9,11H2,1H3,(H,21,22,24)/t13?,15?,19-/m0/s1. The maximum Gasteiger partial charge on any atom is 0.212 e. The van der Waals surface area contributed by atoms with Crippen LogP contribution in [0.2, 0.25) is 0 Å². The van der Waals surface area contributed by atoms with Crippen molar-refractivity contribution in [1.29, 1.82) is 0 Å². The van der Waals surface area contributed by atoms with Gasteiger partial charge in [-0.3, -0.25) is 10.3 Å². The molecule has 3 saturated carbocycles. The van der Waals surface area contributed by atoms with Gasteiger partial charge in [0.05, 0.1) is 12.8 Å². The van der Waals surface area contributed by atoms with E-state index in [-0.39, 0.29) is 5.60 Å². The van der Waals surface area contributed by atoms with Crippen molar-refractivity contribution in [3.8, 4) is 17.1 Å². The fourth-order valence-electron chi connectivity index (χ4n) is 4.72. The summed E-state index contributed by atoms with van der Waals surface area (Å²) in [5.41, 5.74) is 8.16. The SMILES string of the molecule is COc1ccc(-c2cc(NN3NC[C@]4(CC5CCC4CC5)O3)ncn2)cn1. The normalized spacial score (nSPS) is 30.0. The van der Waals surface area contributed by atoms with E-state index in [0.29, 0.717) is 17.6 Å². The van der Waals surface area contributed by atoms with Gasteiger partial charge >= 0.3 is 0 Å². The van der Waals surface area contributed by atoms with E-state index in [0.717, 1.165) is 30.1 Å². The van der Waals surface area contributed by atoms with Gasteiger partial charge in [0.25, 0.3) is 0 Å². The first-order valence-electron chi connectivity index (χ1n) is 9.56. The Morgan fingerprint density at radius 1 is 1.22 bits per heavy atom. The third-order valence-corrected chi connectivity index (χ3v) is 6.14. The van der Waals surface area contributed by atoms with Gasteiger partial charge in [-0.05, 0) is 55.3 Å². The van der Waals surface area contributed by atoms with Crippen molar-refractivity contribution >= 4 is 5.82 Å². The molecule has 4 fully saturated rings. The molecule has 8 nitrogen and oxygen atoms in total. The average molecular weight is 368 g/mol. The van der Waals surface area contributed by atoms with Crippen LogP contribution in [0.3, 0.4) is 0 Å². The number of nitrogens with one attached hydrogen (secondary N) is 2. The molecular formula is C19H24N6O2. The molecule has 27 heavy (non-hydrogen) atoms. The topological polar surface area (TPSA) is 84.4 Å². The Balaban J connectivity index is 1.29. The molecule has 1 spiro atoms. The highest BCUT2D eigenvalue weighted by molar-refractivity contribution is 5.61. The van der Waals surface area contributed by atoms with Crippen LogP contribution < -0.4 is 15.6 Å². The van der Waals surface area contributed by atoms with Crippen molar-refractivity contribution in [1.82, 2.24) is 25.7 Å². The molecule has 0 radical (unpaired) electrons. The molecule has 1 saturated heterocycles. The number of fused-ring (bicyclic) bond motifs is 2. The first-order valence-corrected chi connectivity index (χ1v) is 9.56. The number of hydrogen-bond donors (Lipinski definition) is 2. The monoisotopic (exact) mass is 368 g/mol. The summed E-state index contributed by atoms with van der Waals surface area (Å²) in [7, 11) is 1.60. The number of hydrogen-bond acceptors (Lipinski definition) is 8. The number of rotatable bonds is 4. The lowest BCUT2D eigenvalue weighted by Crippen LogP contribution is -2.50. The Hall–Kier alpha value is -2.29. The Kier molecular flexibility index (Phi) is 4.18. The van der Waals surface area contributed by atoms with Crippen molar-refractivity contribution in [3.63, 3.8) is 0 Å². The highest BCUT2D eigenvalue weighted by Crippen LogP contribution is 2.50. The van der Waals surface area contributed by atoms with Crippen LogP contribution in [0.1, 0.15) is 32.1 Å². The van der Waals surface area contributed by atoms with E-state index in [4.69, 9.17) is 9.57 Å². The molecule has 2 aromatic rings. The van der Waals surface area contributed by atoms with Crippen LogP contribution in [-0.2, 0) is 4.84 Å². The van der Waals surface area contributed by atoms with Crippen molar-refractivity contribution in [2.45, 2.75) is 37.7 Å². The molecule has 3 heterocycles. The molecule has 142 valence electrons. The van der Waals surface area contributed by atoms with Gasteiger partial charge in [-0.2, -0.15) is 0 Å². The van der Waals surface area contributed by atoms with Crippen molar-refractivity contribution in [2.75, 3.05) is 19.1 Å². The first-order chi connectivity index (χ1) is 13.2. The number of aromatic nitrogens is 3. The van der Waals surface area contributed by atoms with Crippen LogP contribution in [0.15, 0.2) is 30.7 Å². The third kappa shape index (κ3) is 3.13. The van der Waals surface area contributed by atoms with E-state index in [1.54, 1.807) is 18.6 Å². The zero-order valence-corrected chi connectivity index (χ0v) is 15.4. The van der Waals surface area contributed by atoms with Crippen molar-refractivity contribution in [2.24, 2.45) is 11.8 Å². The lowest BCUT2D eigenvalue weighted by molar-refractivity contribution is -0.235. The molecule has 1 atom stereocenters. The Morgan fingerprint density at radius 3 is 2.81 bits per heavy atom. The number of anilines is 1. The molecule has 0 unspecified atom stereocenters. The minimum atomic E-state index is -0.0655. The summed E-state index contributed by atoms with van der Waals surface area (Å²) in [5, 5.41) is 1.62. The summed E-state index contributed by atoms with van der Waals surface area (Å²) in [6, 6.07) is 5.63. The summed E-state index contributed by atoms with van der Waals surface area (Å²) < 4.78 is 5.11. The predicted molar refractivity (Wildman–Crippen MR) is 99.2 cm³/mol. The van der Waals surface area contributed by atoms with Crippen molar-refractivity contribution in [3.05, 3.63) is 30.7 Å². The Labute approximate surface area is 158 Å². The number of hydrazine groups is 2. The smallest absolute Gasteiger partial charge is 0.212 e. The van der Waals surface area contributed by atoms with E-state index < -0.39 is 0 Å². The predicted octanol–water partition coefficient (Wildman–Crippen LogP) is 2.57. The van der Waals surface area contributed by atoms with Crippen LogP contribution in [0, 0.1) is 11.8 Å². The molecule has 1 aliphatic heterocycles. The second-order valence-electron chi connectivity index (χ2n) is 7.70. The summed E-state index contributed by atoms with van der Waals surface area (Å²) >= 11 is 0. The third-order valence-electron chi connectivity index (χ3n) is 6.14. The van der Waals surface area contributed by atoms with Crippen LogP contribution in [0.5, 0.6) is 5.88 Å². The van der Waals surface area contributed by atoms with Gasteiger partial charge in [-0.1, -0.05) is 0 Å². The molecule has 2 bridgehead atoms.